The van der Waals surface area contributed by atoms with Gasteiger partial charge in [0, 0.05) is 5.03 Å². The van der Waals surface area contributed by atoms with Gasteiger partial charge in [0.05, 0.1) is 4.87 Å². The number of alkyl halides is 4. The molecule has 0 saturated heterocycles. The van der Waals surface area contributed by atoms with Crippen LogP contribution in [-0.2, 0) is 4.87 Å². The average molecular weight is 359 g/mol. The van der Waals surface area contributed by atoms with E-state index in [1.54, 1.807) is 0 Å². The number of halogens is 5. The van der Waals surface area contributed by atoms with E-state index in [0.717, 1.165) is 17.0 Å². The molecule has 1 aromatic carbocycles. The molecule has 2 rings (SSSR count). The van der Waals surface area contributed by atoms with Gasteiger partial charge in [-0.05, 0) is 25.0 Å². The summed E-state index contributed by atoms with van der Waals surface area (Å²) in [6, 6.07) is 10.0. The van der Waals surface area contributed by atoms with Gasteiger partial charge in [-0.1, -0.05) is 88.9 Å². The molecule has 0 nitrogen and oxygen atoms in total. The zero-order valence-corrected chi connectivity index (χ0v) is 14.0. The molecule has 0 amide bonds. The minimum absolute atomic E-state index is 0.417. The highest BCUT2D eigenvalue weighted by Gasteiger charge is 2.26. The summed E-state index contributed by atoms with van der Waals surface area (Å²) in [7, 11) is 0. The van der Waals surface area contributed by atoms with Crippen LogP contribution in [-0.4, -0.2) is 3.79 Å². The summed E-state index contributed by atoms with van der Waals surface area (Å²) in [5.41, 5.74) is 1.11. The Morgan fingerprint density at radius 2 is 1.63 bits per heavy atom. The van der Waals surface area contributed by atoms with E-state index in [0.29, 0.717) is 0 Å². The quantitative estimate of drug-likeness (QED) is 0.497. The largest absolute Gasteiger partial charge is 0.187 e. The van der Waals surface area contributed by atoms with Crippen molar-refractivity contribution in [1.29, 1.82) is 0 Å². The van der Waals surface area contributed by atoms with Gasteiger partial charge < -0.3 is 0 Å². The number of hydrogen-bond acceptors (Lipinski definition) is 0. The Bertz CT molecular complexity index is 452. The molecule has 0 N–H and O–H groups in total. The standard InChI is InChI=1S/C12H10Cl2.C2H3Cl3/c13-11-6-8-12(14,9-7-11)10-4-2-1-3-5-10;1-2(3,4)5/h1-8H,9H2;1H3. The number of hydrogen-bond donors (Lipinski definition) is 0. The summed E-state index contributed by atoms with van der Waals surface area (Å²) in [6.07, 6.45) is 6.49. The molecule has 104 valence electrons. The van der Waals surface area contributed by atoms with Gasteiger partial charge in [0.2, 0.25) is 0 Å². The van der Waals surface area contributed by atoms with Crippen molar-refractivity contribution in [3.63, 3.8) is 0 Å². The maximum atomic E-state index is 6.48. The molecule has 0 aliphatic heterocycles. The Hall–Kier alpha value is 0.150. The molecule has 5 heteroatoms. The van der Waals surface area contributed by atoms with Gasteiger partial charge in [0.25, 0.3) is 0 Å². The van der Waals surface area contributed by atoms with E-state index in [1.165, 1.54) is 6.92 Å². The lowest BCUT2D eigenvalue weighted by atomic mass is 9.91. The van der Waals surface area contributed by atoms with E-state index in [2.05, 4.69) is 0 Å². The molecular weight excluding hydrogens is 345 g/mol. The van der Waals surface area contributed by atoms with Gasteiger partial charge in [-0.25, -0.2) is 0 Å². The van der Waals surface area contributed by atoms with Crippen LogP contribution in [0, 0.1) is 0 Å². The minimum Gasteiger partial charge on any atom is -0.109 e. The zero-order chi connectivity index (χ0) is 14.5. The first kappa shape index (κ1) is 17.2. The van der Waals surface area contributed by atoms with E-state index in [-0.39, 0.29) is 0 Å². The summed E-state index contributed by atoms with van der Waals surface area (Å²) in [5.74, 6) is 0. The Labute approximate surface area is 138 Å². The van der Waals surface area contributed by atoms with Crippen molar-refractivity contribution in [1.82, 2.24) is 0 Å². The molecule has 1 aliphatic rings. The average Bonchev–Trinajstić information content (AvgIpc) is 2.32. The van der Waals surface area contributed by atoms with Gasteiger partial charge in [-0.15, -0.1) is 11.6 Å². The highest BCUT2D eigenvalue weighted by molar-refractivity contribution is 6.67. The Morgan fingerprint density at radius 3 is 2.05 bits per heavy atom. The van der Waals surface area contributed by atoms with Crippen LogP contribution in [0.15, 0.2) is 53.6 Å². The van der Waals surface area contributed by atoms with Crippen molar-refractivity contribution in [2.24, 2.45) is 0 Å². The van der Waals surface area contributed by atoms with E-state index < -0.39 is 8.67 Å². The fraction of sp³-hybridized carbons (Fsp3) is 0.286. The van der Waals surface area contributed by atoms with Gasteiger partial charge >= 0.3 is 0 Å². The van der Waals surface area contributed by atoms with Gasteiger partial charge in [0.15, 0.2) is 3.79 Å². The van der Waals surface area contributed by atoms with Crippen molar-refractivity contribution in [3.05, 3.63) is 59.2 Å². The zero-order valence-electron chi connectivity index (χ0n) is 10.2. The summed E-state index contributed by atoms with van der Waals surface area (Å²) in [6.45, 7) is 1.48. The summed E-state index contributed by atoms with van der Waals surface area (Å²) < 4.78 is -1.08. The Balaban J connectivity index is 0.000000312. The smallest absolute Gasteiger partial charge is 0.109 e. The first-order chi connectivity index (χ1) is 8.71. The molecular formula is C14H13Cl5. The second-order valence-corrected chi connectivity index (χ2v) is 8.10. The molecule has 19 heavy (non-hydrogen) atoms. The third-order valence-corrected chi connectivity index (χ3v) is 3.13. The van der Waals surface area contributed by atoms with Crippen LogP contribution in [0.25, 0.3) is 0 Å². The molecule has 1 aliphatic carbocycles. The first-order valence-corrected chi connectivity index (χ1v) is 7.46. The number of rotatable bonds is 1. The van der Waals surface area contributed by atoms with E-state index in [9.17, 15) is 0 Å². The summed E-state index contributed by atoms with van der Waals surface area (Å²) in [5, 5.41) is 0.761. The van der Waals surface area contributed by atoms with Crippen molar-refractivity contribution in [2.45, 2.75) is 22.0 Å². The van der Waals surface area contributed by atoms with Crippen molar-refractivity contribution in [2.75, 3.05) is 0 Å². The molecule has 1 unspecified atom stereocenters. The molecule has 1 aromatic rings. The fourth-order valence-corrected chi connectivity index (χ4v) is 1.93. The second-order valence-electron chi connectivity index (χ2n) is 4.14. The van der Waals surface area contributed by atoms with Gasteiger partial charge in [0.1, 0.15) is 0 Å². The number of allylic oxidation sites excluding steroid dienone is 4. The fourth-order valence-electron chi connectivity index (χ4n) is 1.52. The Morgan fingerprint density at radius 1 is 1.11 bits per heavy atom. The lowest BCUT2D eigenvalue weighted by Gasteiger charge is -2.24. The summed E-state index contributed by atoms with van der Waals surface area (Å²) >= 11 is 27.5. The van der Waals surface area contributed by atoms with E-state index in [1.807, 2.05) is 48.6 Å². The Kier molecular flexibility index (Phi) is 6.56. The third kappa shape index (κ3) is 6.92. The minimum atomic E-state index is -1.08. The van der Waals surface area contributed by atoms with Crippen LogP contribution >= 0.6 is 58.0 Å². The van der Waals surface area contributed by atoms with Crippen LogP contribution < -0.4 is 0 Å². The lowest BCUT2D eigenvalue weighted by molar-refractivity contribution is 0.762. The van der Waals surface area contributed by atoms with Crippen molar-refractivity contribution < 1.29 is 0 Å². The van der Waals surface area contributed by atoms with Gasteiger partial charge in [-0.2, -0.15) is 0 Å². The predicted molar refractivity (Wildman–Crippen MR) is 87.6 cm³/mol. The predicted octanol–water partition coefficient (Wildman–Crippen LogP) is 6.58. The van der Waals surface area contributed by atoms with E-state index >= 15 is 0 Å². The highest BCUT2D eigenvalue weighted by atomic mass is 35.6. The van der Waals surface area contributed by atoms with Crippen LogP contribution in [0.2, 0.25) is 0 Å². The molecule has 0 bridgehead atoms. The summed E-state index contributed by atoms with van der Waals surface area (Å²) in [4.78, 5) is -0.417. The van der Waals surface area contributed by atoms with E-state index in [4.69, 9.17) is 58.0 Å². The highest BCUT2D eigenvalue weighted by Crippen LogP contribution is 2.38. The maximum absolute atomic E-state index is 6.48. The van der Waals surface area contributed by atoms with Gasteiger partial charge in [-0.3, -0.25) is 0 Å². The van der Waals surface area contributed by atoms with Crippen LogP contribution in [0.5, 0.6) is 0 Å². The topological polar surface area (TPSA) is 0 Å². The molecule has 0 saturated carbocycles. The SMILES string of the molecule is CC(Cl)(Cl)Cl.ClC1=CCC(Cl)(c2ccccc2)C=C1. The second kappa shape index (κ2) is 7.24. The molecule has 0 heterocycles. The molecule has 0 radical (unpaired) electrons. The molecule has 0 spiro atoms. The molecule has 1 atom stereocenters. The van der Waals surface area contributed by atoms with Crippen LogP contribution in [0.3, 0.4) is 0 Å². The third-order valence-electron chi connectivity index (χ3n) is 2.35. The molecule has 0 aromatic heterocycles. The normalized spacial score (nSPS) is 22.3. The maximum Gasteiger partial charge on any atom is 0.187 e. The lowest BCUT2D eigenvalue weighted by Crippen LogP contribution is -2.16. The van der Waals surface area contributed by atoms with Crippen LogP contribution in [0.4, 0.5) is 0 Å². The van der Waals surface area contributed by atoms with Crippen molar-refractivity contribution in [3.8, 4) is 0 Å². The first-order valence-electron chi connectivity index (χ1n) is 5.57. The molecule has 0 fully saturated rings. The van der Waals surface area contributed by atoms with Crippen LogP contribution in [0.1, 0.15) is 18.9 Å². The monoisotopic (exact) mass is 356 g/mol. The van der Waals surface area contributed by atoms with Crippen molar-refractivity contribution >= 4 is 58.0 Å². The number of benzene rings is 1.